The Morgan fingerprint density at radius 3 is 2.26 bits per heavy atom. The van der Waals surface area contributed by atoms with Crippen molar-refractivity contribution in [2.45, 2.75) is 25.3 Å². The average molecular weight is 293 g/mol. The SMILES string of the molecule is CC(N)(CCCN1CCN(S(C)(=O)=O)CC1)C(=O)O. The number of hydrogen-bond donors (Lipinski definition) is 2. The van der Waals surface area contributed by atoms with E-state index in [1.54, 1.807) is 0 Å². The van der Waals surface area contributed by atoms with Crippen LogP contribution in [-0.4, -0.2) is 73.2 Å². The number of carboxylic acid groups (broad SMARTS) is 1. The van der Waals surface area contributed by atoms with Crippen LogP contribution in [0.5, 0.6) is 0 Å². The fraction of sp³-hybridized carbons (Fsp3) is 0.909. The minimum atomic E-state index is -3.10. The number of nitrogens with zero attached hydrogens (tertiary/aromatic N) is 2. The predicted octanol–water partition coefficient (Wildman–Crippen LogP) is -0.854. The van der Waals surface area contributed by atoms with Crippen molar-refractivity contribution < 1.29 is 18.3 Å². The van der Waals surface area contributed by atoms with Crippen LogP contribution in [0.2, 0.25) is 0 Å². The summed E-state index contributed by atoms with van der Waals surface area (Å²) in [4.78, 5) is 13.0. The highest BCUT2D eigenvalue weighted by atomic mass is 32.2. The van der Waals surface area contributed by atoms with Crippen molar-refractivity contribution in [1.29, 1.82) is 0 Å². The highest BCUT2D eigenvalue weighted by molar-refractivity contribution is 7.88. The molecule has 1 aliphatic heterocycles. The third kappa shape index (κ3) is 5.06. The Hall–Kier alpha value is -0.700. The summed E-state index contributed by atoms with van der Waals surface area (Å²) in [5.74, 6) is -0.991. The van der Waals surface area contributed by atoms with Crippen LogP contribution in [0.1, 0.15) is 19.8 Å². The van der Waals surface area contributed by atoms with Crippen molar-refractivity contribution in [2.75, 3.05) is 39.0 Å². The van der Waals surface area contributed by atoms with Crippen molar-refractivity contribution >= 4 is 16.0 Å². The number of aliphatic carboxylic acids is 1. The maximum absolute atomic E-state index is 11.3. The molecule has 0 aromatic rings. The normalized spacial score (nSPS) is 22.1. The van der Waals surface area contributed by atoms with E-state index in [4.69, 9.17) is 10.8 Å². The highest BCUT2D eigenvalue weighted by Crippen LogP contribution is 2.11. The second-order valence-corrected chi connectivity index (χ2v) is 7.31. The van der Waals surface area contributed by atoms with Crippen LogP contribution < -0.4 is 5.73 Å². The standard InChI is InChI=1S/C11H23N3O4S/c1-11(12,10(15)16)4-3-5-13-6-8-14(9-7-13)19(2,17)18/h3-9,12H2,1-2H3,(H,15,16). The molecule has 8 heteroatoms. The van der Waals surface area contributed by atoms with Crippen LogP contribution in [0.25, 0.3) is 0 Å². The van der Waals surface area contributed by atoms with Crippen LogP contribution in [0, 0.1) is 0 Å². The third-order valence-electron chi connectivity index (χ3n) is 3.46. The Morgan fingerprint density at radius 2 is 1.84 bits per heavy atom. The number of rotatable bonds is 6. The zero-order chi connectivity index (χ0) is 14.7. The average Bonchev–Trinajstić information content (AvgIpc) is 2.28. The van der Waals surface area contributed by atoms with Gasteiger partial charge in [0.2, 0.25) is 10.0 Å². The second kappa shape index (κ2) is 6.17. The van der Waals surface area contributed by atoms with E-state index < -0.39 is 21.5 Å². The molecule has 0 spiro atoms. The van der Waals surface area contributed by atoms with Gasteiger partial charge in [-0.25, -0.2) is 8.42 Å². The summed E-state index contributed by atoms with van der Waals surface area (Å²) in [6.07, 6.45) is 2.32. The van der Waals surface area contributed by atoms with E-state index in [0.29, 0.717) is 39.0 Å². The fourth-order valence-electron chi connectivity index (χ4n) is 2.06. The van der Waals surface area contributed by atoms with Gasteiger partial charge in [0.25, 0.3) is 0 Å². The lowest BCUT2D eigenvalue weighted by atomic mass is 9.97. The monoisotopic (exact) mass is 293 g/mol. The molecule has 1 heterocycles. The van der Waals surface area contributed by atoms with E-state index >= 15 is 0 Å². The van der Waals surface area contributed by atoms with Gasteiger partial charge in [0.1, 0.15) is 5.54 Å². The van der Waals surface area contributed by atoms with E-state index in [9.17, 15) is 13.2 Å². The summed E-state index contributed by atoms with van der Waals surface area (Å²) in [6, 6.07) is 0. The molecule has 1 atom stereocenters. The number of sulfonamides is 1. The first-order chi connectivity index (χ1) is 8.63. The maximum atomic E-state index is 11.3. The molecule has 0 aliphatic carbocycles. The van der Waals surface area contributed by atoms with Gasteiger partial charge in [0, 0.05) is 26.2 Å². The molecule has 1 saturated heterocycles. The molecule has 0 radical (unpaired) electrons. The molecule has 0 aromatic carbocycles. The number of carboxylic acids is 1. The summed E-state index contributed by atoms with van der Waals surface area (Å²) < 4.78 is 24.1. The number of carbonyl (C=O) groups is 1. The Morgan fingerprint density at radius 1 is 1.32 bits per heavy atom. The molecule has 0 aromatic heterocycles. The zero-order valence-electron chi connectivity index (χ0n) is 11.5. The Balaban J connectivity index is 2.29. The first kappa shape index (κ1) is 16.4. The predicted molar refractivity (Wildman–Crippen MR) is 72.3 cm³/mol. The number of piperazine rings is 1. The quantitative estimate of drug-likeness (QED) is 0.661. The lowest BCUT2D eigenvalue weighted by Crippen LogP contribution is -2.49. The van der Waals surface area contributed by atoms with Gasteiger partial charge in [0.05, 0.1) is 6.26 Å². The van der Waals surface area contributed by atoms with Crippen molar-refractivity contribution in [3.63, 3.8) is 0 Å². The molecule has 0 amide bonds. The molecule has 7 nitrogen and oxygen atoms in total. The molecule has 3 N–H and O–H groups in total. The summed E-state index contributed by atoms with van der Waals surface area (Å²) in [5.41, 5.74) is 4.46. The van der Waals surface area contributed by atoms with Crippen molar-refractivity contribution in [3.8, 4) is 0 Å². The van der Waals surface area contributed by atoms with Gasteiger partial charge < -0.3 is 15.7 Å². The van der Waals surface area contributed by atoms with Gasteiger partial charge in [-0.1, -0.05) is 0 Å². The van der Waals surface area contributed by atoms with Crippen molar-refractivity contribution in [3.05, 3.63) is 0 Å². The van der Waals surface area contributed by atoms with Crippen LogP contribution in [0.3, 0.4) is 0 Å². The van der Waals surface area contributed by atoms with E-state index in [1.807, 2.05) is 0 Å². The lowest BCUT2D eigenvalue weighted by molar-refractivity contribution is -0.143. The molecule has 0 bridgehead atoms. The lowest BCUT2D eigenvalue weighted by Gasteiger charge is -2.33. The molecule has 1 fully saturated rings. The van der Waals surface area contributed by atoms with Crippen LogP contribution >= 0.6 is 0 Å². The Labute approximate surface area is 114 Å². The van der Waals surface area contributed by atoms with Crippen LogP contribution in [-0.2, 0) is 14.8 Å². The topological polar surface area (TPSA) is 104 Å². The molecular formula is C11H23N3O4S. The molecule has 1 unspecified atom stereocenters. The first-order valence-corrected chi connectivity index (χ1v) is 8.17. The fourth-order valence-corrected chi connectivity index (χ4v) is 2.89. The van der Waals surface area contributed by atoms with Crippen molar-refractivity contribution in [1.82, 2.24) is 9.21 Å². The summed E-state index contributed by atoms with van der Waals surface area (Å²) in [6.45, 7) is 4.62. The van der Waals surface area contributed by atoms with E-state index in [1.165, 1.54) is 17.5 Å². The highest BCUT2D eigenvalue weighted by Gasteiger charge is 2.28. The van der Waals surface area contributed by atoms with Crippen LogP contribution in [0.15, 0.2) is 0 Å². The van der Waals surface area contributed by atoms with E-state index in [2.05, 4.69) is 4.90 Å². The zero-order valence-corrected chi connectivity index (χ0v) is 12.3. The summed E-state index contributed by atoms with van der Waals surface area (Å²) >= 11 is 0. The largest absolute Gasteiger partial charge is 0.480 e. The second-order valence-electron chi connectivity index (χ2n) is 5.33. The van der Waals surface area contributed by atoms with Crippen molar-refractivity contribution in [2.24, 2.45) is 5.73 Å². The third-order valence-corrected chi connectivity index (χ3v) is 4.76. The van der Waals surface area contributed by atoms with Gasteiger partial charge in [-0.05, 0) is 26.3 Å². The molecule has 0 saturated carbocycles. The van der Waals surface area contributed by atoms with Gasteiger partial charge >= 0.3 is 5.97 Å². The van der Waals surface area contributed by atoms with Gasteiger partial charge in [0.15, 0.2) is 0 Å². The van der Waals surface area contributed by atoms with Crippen LogP contribution in [0.4, 0.5) is 0 Å². The Bertz CT molecular complexity index is 414. The first-order valence-electron chi connectivity index (χ1n) is 6.33. The molecule has 1 rings (SSSR count). The Kier molecular flexibility index (Phi) is 5.31. The van der Waals surface area contributed by atoms with Gasteiger partial charge in [-0.3, -0.25) is 4.79 Å². The molecule has 19 heavy (non-hydrogen) atoms. The van der Waals surface area contributed by atoms with Gasteiger partial charge in [-0.15, -0.1) is 0 Å². The molecule has 1 aliphatic rings. The number of hydrogen-bond acceptors (Lipinski definition) is 5. The summed E-state index contributed by atoms with van der Waals surface area (Å²) in [7, 11) is -3.10. The molecule has 112 valence electrons. The van der Waals surface area contributed by atoms with E-state index in [-0.39, 0.29) is 0 Å². The minimum absolute atomic E-state index is 0.411. The van der Waals surface area contributed by atoms with Gasteiger partial charge in [-0.2, -0.15) is 4.31 Å². The summed E-state index contributed by atoms with van der Waals surface area (Å²) in [5, 5.41) is 8.89. The smallest absolute Gasteiger partial charge is 0.323 e. The minimum Gasteiger partial charge on any atom is -0.480 e. The maximum Gasteiger partial charge on any atom is 0.323 e. The van der Waals surface area contributed by atoms with E-state index in [0.717, 1.165) is 6.54 Å². The molecular weight excluding hydrogens is 270 g/mol. The number of nitrogens with two attached hydrogens (primary N) is 1.